The molecule has 0 bridgehead atoms. The van der Waals surface area contributed by atoms with Gasteiger partial charge in [0.15, 0.2) is 6.10 Å². The molecule has 1 aromatic rings. The molecule has 0 aliphatic heterocycles. The lowest BCUT2D eigenvalue weighted by molar-refractivity contribution is -0.158. The molecule has 1 rings (SSSR count). The van der Waals surface area contributed by atoms with Gasteiger partial charge < -0.3 is 15.2 Å². The second kappa shape index (κ2) is 9.88. The van der Waals surface area contributed by atoms with Gasteiger partial charge in [0, 0.05) is 11.4 Å². The van der Waals surface area contributed by atoms with E-state index in [9.17, 15) is 14.4 Å². The van der Waals surface area contributed by atoms with Crippen molar-refractivity contribution in [3.05, 3.63) is 28.8 Å². The molecule has 138 valence electrons. The van der Waals surface area contributed by atoms with Crippen LogP contribution in [0.4, 0.5) is 4.79 Å². The van der Waals surface area contributed by atoms with E-state index in [0.717, 1.165) is 5.56 Å². The summed E-state index contributed by atoms with van der Waals surface area (Å²) in [6.45, 7) is 5.58. The average molecular weight is 371 g/mol. The molecule has 1 atom stereocenters. The average Bonchev–Trinajstić information content (AvgIpc) is 2.51. The number of rotatable bonds is 8. The van der Waals surface area contributed by atoms with Crippen LogP contribution in [0.1, 0.15) is 32.3 Å². The number of hydrogen-bond acceptors (Lipinski definition) is 5. The van der Waals surface area contributed by atoms with Gasteiger partial charge >= 0.3 is 12.0 Å². The van der Waals surface area contributed by atoms with Crippen molar-refractivity contribution in [1.82, 2.24) is 5.32 Å². The molecule has 3 N–H and O–H groups in total. The van der Waals surface area contributed by atoms with Crippen molar-refractivity contribution >= 4 is 29.5 Å². The minimum Gasteiger partial charge on any atom is -0.494 e. The predicted octanol–water partition coefficient (Wildman–Crippen LogP) is 2.57. The van der Waals surface area contributed by atoms with Gasteiger partial charge in [0.1, 0.15) is 5.75 Å². The van der Waals surface area contributed by atoms with Crippen LogP contribution < -0.4 is 15.8 Å². The Balaban J connectivity index is 2.40. The first kappa shape index (κ1) is 20.8. The Bertz CT molecular complexity index is 633. The Labute approximate surface area is 151 Å². The number of halogens is 1. The lowest BCUT2D eigenvalue weighted by Crippen LogP contribution is -2.45. The second-order valence-electron chi connectivity index (χ2n) is 5.87. The zero-order valence-corrected chi connectivity index (χ0v) is 15.3. The summed E-state index contributed by atoms with van der Waals surface area (Å²) in [5, 5.41) is 2.57. The van der Waals surface area contributed by atoms with Crippen LogP contribution in [-0.4, -0.2) is 30.6 Å². The summed E-state index contributed by atoms with van der Waals surface area (Å²) in [6, 6.07) is 4.31. The summed E-state index contributed by atoms with van der Waals surface area (Å²) in [5.41, 5.74) is 5.80. The van der Waals surface area contributed by atoms with Gasteiger partial charge in [0.25, 0.3) is 5.91 Å². The number of nitrogens with one attached hydrogen (secondary N) is 1. The van der Waals surface area contributed by atoms with Crippen LogP contribution in [0.3, 0.4) is 0 Å². The summed E-state index contributed by atoms with van der Waals surface area (Å²) < 4.78 is 10.7. The van der Waals surface area contributed by atoms with Crippen molar-refractivity contribution < 1.29 is 23.9 Å². The molecular weight excluding hydrogens is 348 g/mol. The van der Waals surface area contributed by atoms with E-state index < -0.39 is 24.0 Å². The Kier molecular flexibility index (Phi) is 8.21. The fourth-order valence-electron chi connectivity index (χ4n) is 2.00. The molecule has 7 nitrogen and oxygen atoms in total. The van der Waals surface area contributed by atoms with Crippen LogP contribution in [0.2, 0.25) is 5.02 Å². The molecule has 0 heterocycles. The van der Waals surface area contributed by atoms with Gasteiger partial charge in [0.05, 0.1) is 6.61 Å². The minimum atomic E-state index is -1.07. The molecular formula is C17H23ClN2O5. The van der Waals surface area contributed by atoms with Crippen molar-refractivity contribution in [2.45, 2.75) is 39.7 Å². The highest BCUT2D eigenvalue weighted by Crippen LogP contribution is 2.21. The van der Waals surface area contributed by atoms with Crippen LogP contribution in [-0.2, 0) is 14.3 Å². The molecule has 0 radical (unpaired) electrons. The zero-order valence-electron chi connectivity index (χ0n) is 14.5. The van der Waals surface area contributed by atoms with E-state index in [1.807, 2.05) is 18.3 Å². The van der Waals surface area contributed by atoms with Crippen molar-refractivity contribution in [2.24, 2.45) is 11.7 Å². The van der Waals surface area contributed by atoms with E-state index in [0.29, 0.717) is 23.8 Å². The standard InChI is InChI=1S/C17H23ClN2O5/c1-10(2)15(16(22)20-17(19)23)25-14(21)5-4-8-24-12-6-7-13(18)11(3)9-12/h6-7,9-10,15H,4-5,8H2,1-3H3,(H3,19,20,22,23)/t15-/m1/s1. The Morgan fingerprint density at radius 2 is 1.96 bits per heavy atom. The molecule has 8 heteroatoms. The highest BCUT2D eigenvalue weighted by atomic mass is 35.5. The molecule has 3 amide bonds. The van der Waals surface area contributed by atoms with Gasteiger partial charge in [-0.25, -0.2) is 4.79 Å². The highest BCUT2D eigenvalue weighted by molar-refractivity contribution is 6.31. The normalized spacial score (nSPS) is 11.7. The highest BCUT2D eigenvalue weighted by Gasteiger charge is 2.27. The number of imide groups is 1. The van der Waals surface area contributed by atoms with Crippen molar-refractivity contribution in [1.29, 1.82) is 0 Å². The molecule has 25 heavy (non-hydrogen) atoms. The summed E-state index contributed by atoms with van der Waals surface area (Å²) in [4.78, 5) is 34.4. The SMILES string of the molecule is Cc1cc(OCCCC(=O)O[C@@H](C(=O)NC(N)=O)C(C)C)ccc1Cl. The predicted molar refractivity (Wildman–Crippen MR) is 93.4 cm³/mol. The monoisotopic (exact) mass is 370 g/mol. The van der Waals surface area contributed by atoms with Gasteiger partial charge in [-0.2, -0.15) is 0 Å². The summed E-state index contributed by atoms with van der Waals surface area (Å²) in [7, 11) is 0. The van der Waals surface area contributed by atoms with E-state index in [1.54, 1.807) is 26.0 Å². The maximum atomic E-state index is 11.9. The Hall–Kier alpha value is -2.28. The third kappa shape index (κ3) is 7.43. The second-order valence-corrected chi connectivity index (χ2v) is 6.28. The third-order valence-corrected chi connectivity index (χ3v) is 3.72. The van der Waals surface area contributed by atoms with Crippen LogP contribution >= 0.6 is 11.6 Å². The fraction of sp³-hybridized carbons (Fsp3) is 0.471. The molecule has 0 aromatic heterocycles. The molecule has 0 aliphatic rings. The zero-order chi connectivity index (χ0) is 19.0. The first-order chi connectivity index (χ1) is 11.7. The number of hydrogen-bond donors (Lipinski definition) is 2. The molecule has 0 unspecified atom stereocenters. The van der Waals surface area contributed by atoms with Crippen LogP contribution in [0, 0.1) is 12.8 Å². The van der Waals surface area contributed by atoms with Gasteiger partial charge in [-0.3, -0.25) is 14.9 Å². The quantitative estimate of drug-likeness (QED) is 0.540. The number of amides is 3. The van der Waals surface area contributed by atoms with Gasteiger partial charge in [-0.05, 0) is 43.0 Å². The summed E-state index contributed by atoms with van der Waals surface area (Å²) in [5.74, 6) is -0.911. The number of urea groups is 1. The smallest absolute Gasteiger partial charge is 0.318 e. The topological polar surface area (TPSA) is 108 Å². The number of esters is 1. The van der Waals surface area contributed by atoms with Gasteiger partial charge in [-0.15, -0.1) is 0 Å². The molecule has 0 saturated heterocycles. The van der Waals surface area contributed by atoms with E-state index in [1.165, 1.54) is 0 Å². The molecule has 0 saturated carbocycles. The molecule has 0 fully saturated rings. The number of aryl methyl sites for hydroxylation is 1. The Morgan fingerprint density at radius 3 is 2.52 bits per heavy atom. The number of primary amides is 1. The van der Waals surface area contributed by atoms with Crippen LogP contribution in [0.15, 0.2) is 18.2 Å². The van der Waals surface area contributed by atoms with Crippen LogP contribution in [0.25, 0.3) is 0 Å². The van der Waals surface area contributed by atoms with Crippen LogP contribution in [0.5, 0.6) is 5.75 Å². The largest absolute Gasteiger partial charge is 0.494 e. The van der Waals surface area contributed by atoms with E-state index in [-0.39, 0.29) is 12.3 Å². The van der Waals surface area contributed by atoms with E-state index in [2.05, 4.69) is 0 Å². The minimum absolute atomic E-state index is 0.0830. The van der Waals surface area contributed by atoms with Crippen molar-refractivity contribution in [2.75, 3.05) is 6.61 Å². The van der Waals surface area contributed by atoms with E-state index in [4.69, 9.17) is 26.8 Å². The lowest BCUT2D eigenvalue weighted by Gasteiger charge is -2.19. The van der Waals surface area contributed by atoms with Crippen molar-refractivity contribution in [3.8, 4) is 5.75 Å². The molecule has 0 spiro atoms. The first-order valence-electron chi connectivity index (χ1n) is 7.89. The number of nitrogens with two attached hydrogens (primary N) is 1. The fourth-order valence-corrected chi connectivity index (χ4v) is 2.12. The number of benzene rings is 1. The number of ether oxygens (including phenoxy) is 2. The first-order valence-corrected chi connectivity index (χ1v) is 8.27. The summed E-state index contributed by atoms with van der Waals surface area (Å²) >= 11 is 5.94. The number of carbonyl (C=O) groups is 3. The Morgan fingerprint density at radius 1 is 1.28 bits per heavy atom. The third-order valence-electron chi connectivity index (χ3n) is 3.29. The number of carbonyl (C=O) groups excluding carboxylic acids is 3. The lowest BCUT2D eigenvalue weighted by atomic mass is 10.1. The summed E-state index contributed by atoms with van der Waals surface area (Å²) in [6.07, 6.45) is -0.567. The van der Waals surface area contributed by atoms with Gasteiger partial charge in [0.2, 0.25) is 0 Å². The van der Waals surface area contributed by atoms with Gasteiger partial charge in [-0.1, -0.05) is 25.4 Å². The maximum absolute atomic E-state index is 11.9. The van der Waals surface area contributed by atoms with Crippen molar-refractivity contribution in [3.63, 3.8) is 0 Å². The maximum Gasteiger partial charge on any atom is 0.318 e. The molecule has 0 aliphatic carbocycles. The molecule has 1 aromatic carbocycles. The van der Waals surface area contributed by atoms with E-state index >= 15 is 0 Å².